The summed E-state index contributed by atoms with van der Waals surface area (Å²) in [4.78, 5) is 11.1. The summed E-state index contributed by atoms with van der Waals surface area (Å²) in [5.41, 5.74) is 0. The van der Waals surface area contributed by atoms with Crippen molar-refractivity contribution < 1.29 is 4.79 Å². The molecule has 0 aliphatic heterocycles. The molecule has 1 saturated carbocycles. The van der Waals surface area contributed by atoms with E-state index in [1.165, 1.54) is 12.8 Å². The van der Waals surface area contributed by atoms with Crippen molar-refractivity contribution >= 4 is 5.78 Å². The molecule has 0 unspecified atom stereocenters. The number of unbranched alkanes of at least 4 members (excludes halogenated alkanes) is 2. The highest BCUT2D eigenvalue weighted by molar-refractivity contribution is 5.93. The van der Waals surface area contributed by atoms with Crippen LogP contribution >= 0.6 is 0 Å². The Morgan fingerprint density at radius 3 is 2.82 bits per heavy atom. The molecule has 0 spiro atoms. The van der Waals surface area contributed by atoms with Crippen LogP contribution in [0, 0.1) is 5.92 Å². The van der Waals surface area contributed by atoms with Crippen LogP contribution in [0.25, 0.3) is 0 Å². The van der Waals surface area contributed by atoms with E-state index in [1.807, 2.05) is 6.08 Å². The van der Waals surface area contributed by atoms with Gasteiger partial charge in [0.2, 0.25) is 0 Å². The molecule has 0 aromatic heterocycles. The fraction of sp³-hybridized carbons (Fsp3) is 0.700. The Balaban J connectivity index is 2.07. The number of hydrogen-bond donors (Lipinski definition) is 0. The number of hydrogen-bond acceptors (Lipinski definition) is 1. The van der Waals surface area contributed by atoms with Gasteiger partial charge in [0, 0.05) is 5.92 Å². The van der Waals surface area contributed by atoms with E-state index in [2.05, 4.69) is 6.92 Å². The maximum absolute atomic E-state index is 11.1. The second-order valence-electron chi connectivity index (χ2n) is 3.22. The zero-order valence-electron chi connectivity index (χ0n) is 7.18. The Morgan fingerprint density at radius 1 is 1.55 bits per heavy atom. The summed E-state index contributed by atoms with van der Waals surface area (Å²) in [7, 11) is 0. The van der Waals surface area contributed by atoms with Crippen LogP contribution in [0.5, 0.6) is 0 Å². The molecule has 1 aliphatic carbocycles. The summed E-state index contributed by atoms with van der Waals surface area (Å²) in [5, 5.41) is 0. The minimum absolute atomic E-state index is 0.348. The van der Waals surface area contributed by atoms with Gasteiger partial charge in [-0.25, -0.2) is 0 Å². The molecular weight excluding hydrogens is 136 g/mol. The molecule has 1 fully saturated rings. The van der Waals surface area contributed by atoms with Crippen molar-refractivity contribution in [2.75, 3.05) is 0 Å². The van der Waals surface area contributed by atoms with Gasteiger partial charge in [-0.2, -0.15) is 0 Å². The molecule has 0 atom stereocenters. The third-order valence-electron chi connectivity index (χ3n) is 1.99. The van der Waals surface area contributed by atoms with Crippen LogP contribution in [-0.4, -0.2) is 5.78 Å². The fourth-order valence-corrected chi connectivity index (χ4v) is 1.03. The molecule has 1 nitrogen and oxygen atoms in total. The lowest BCUT2D eigenvalue weighted by Crippen LogP contribution is -1.93. The maximum atomic E-state index is 11.1. The van der Waals surface area contributed by atoms with E-state index in [-0.39, 0.29) is 0 Å². The summed E-state index contributed by atoms with van der Waals surface area (Å²) in [6.07, 6.45) is 9.51. The number of carbonyl (C=O) groups is 1. The zero-order chi connectivity index (χ0) is 8.10. The highest BCUT2D eigenvalue weighted by atomic mass is 16.1. The average Bonchev–Trinajstić information content (AvgIpc) is 2.79. The molecule has 0 radical (unpaired) electrons. The molecule has 1 rings (SSSR count). The minimum Gasteiger partial charge on any atom is -0.295 e. The fourth-order valence-electron chi connectivity index (χ4n) is 1.03. The van der Waals surface area contributed by atoms with Gasteiger partial charge < -0.3 is 0 Å². The van der Waals surface area contributed by atoms with E-state index in [0.29, 0.717) is 11.7 Å². The molecule has 0 aromatic carbocycles. The van der Waals surface area contributed by atoms with Gasteiger partial charge in [-0.05, 0) is 25.3 Å². The van der Waals surface area contributed by atoms with Crippen molar-refractivity contribution in [3.8, 4) is 0 Å². The van der Waals surface area contributed by atoms with Gasteiger partial charge in [0.1, 0.15) is 0 Å². The van der Waals surface area contributed by atoms with Crippen molar-refractivity contribution in [3.63, 3.8) is 0 Å². The lowest BCUT2D eigenvalue weighted by Gasteiger charge is -1.88. The predicted octanol–water partition coefficient (Wildman–Crippen LogP) is 2.71. The lowest BCUT2D eigenvalue weighted by molar-refractivity contribution is -0.115. The molecule has 0 N–H and O–H groups in total. The molecule has 1 heteroatoms. The van der Waals surface area contributed by atoms with Crippen molar-refractivity contribution in [2.45, 2.75) is 39.0 Å². The van der Waals surface area contributed by atoms with E-state index < -0.39 is 0 Å². The van der Waals surface area contributed by atoms with Crippen LogP contribution < -0.4 is 0 Å². The molecule has 0 saturated heterocycles. The Kier molecular flexibility index (Phi) is 3.34. The topological polar surface area (TPSA) is 17.1 Å². The second kappa shape index (κ2) is 4.32. The van der Waals surface area contributed by atoms with E-state index in [0.717, 1.165) is 19.3 Å². The highest BCUT2D eigenvalue weighted by Gasteiger charge is 2.27. The number of carbonyl (C=O) groups excluding carboxylic acids is 1. The third kappa shape index (κ3) is 3.35. The molecule has 0 aromatic rings. The number of allylic oxidation sites excluding steroid dienone is 2. The minimum atomic E-state index is 0.348. The van der Waals surface area contributed by atoms with Gasteiger partial charge in [0.05, 0.1) is 0 Å². The van der Waals surface area contributed by atoms with Crippen molar-refractivity contribution in [3.05, 3.63) is 12.2 Å². The second-order valence-corrected chi connectivity index (χ2v) is 3.22. The summed E-state index contributed by atoms with van der Waals surface area (Å²) in [5.74, 6) is 0.744. The summed E-state index contributed by atoms with van der Waals surface area (Å²) in [6.45, 7) is 2.16. The van der Waals surface area contributed by atoms with Crippen molar-refractivity contribution in [1.29, 1.82) is 0 Å². The zero-order valence-corrected chi connectivity index (χ0v) is 7.18. The maximum Gasteiger partial charge on any atom is 0.158 e. The van der Waals surface area contributed by atoms with Gasteiger partial charge in [0.25, 0.3) is 0 Å². The number of ketones is 1. The first-order chi connectivity index (χ1) is 5.34. The van der Waals surface area contributed by atoms with Gasteiger partial charge in [-0.3, -0.25) is 4.79 Å². The van der Waals surface area contributed by atoms with E-state index >= 15 is 0 Å². The van der Waals surface area contributed by atoms with Gasteiger partial charge in [0.15, 0.2) is 5.78 Å². The summed E-state index contributed by atoms with van der Waals surface area (Å²) < 4.78 is 0. The largest absolute Gasteiger partial charge is 0.295 e. The Bertz CT molecular complexity index is 154. The third-order valence-corrected chi connectivity index (χ3v) is 1.99. The smallest absolute Gasteiger partial charge is 0.158 e. The lowest BCUT2D eigenvalue weighted by atomic mass is 10.2. The molecule has 62 valence electrons. The summed E-state index contributed by atoms with van der Waals surface area (Å²) >= 11 is 0. The molecule has 0 heterocycles. The normalized spacial score (nSPS) is 17.5. The Labute approximate surface area is 68.5 Å². The van der Waals surface area contributed by atoms with E-state index in [4.69, 9.17) is 0 Å². The van der Waals surface area contributed by atoms with E-state index in [9.17, 15) is 4.79 Å². The Morgan fingerprint density at radius 2 is 2.27 bits per heavy atom. The molecule has 0 bridgehead atoms. The first-order valence-corrected chi connectivity index (χ1v) is 4.55. The van der Waals surface area contributed by atoms with Crippen LogP contribution in [-0.2, 0) is 4.79 Å². The molecule has 1 aliphatic rings. The van der Waals surface area contributed by atoms with Crippen molar-refractivity contribution in [2.24, 2.45) is 5.92 Å². The standard InChI is InChI=1S/C10H16O/c1-2-3-4-5-6-10(11)9-7-8-9/h5-6,9H,2-4,7-8H2,1H3/b6-5+. The van der Waals surface area contributed by atoms with Crippen LogP contribution in [0.15, 0.2) is 12.2 Å². The molecule has 0 amide bonds. The van der Waals surface area contributed by atoms with Crippen LogP contribution in [0.1, 0.15) is 39.0 Å². The van der Waals surface area contributed by atoms with Crippen LogP contribution in [0.4, 0.5) is 0 Å². The Hall–Kier alpha value is -0.590. The average molecular weight is 152 g/mol. The number of rotatable bonds is 5. The molecule has 11 heavy (non-hydrogen) atoms. The van der Waals surface area contributed by atoms with Gasteiger partial charge >= 0.3 is 0 Å². The SMILES string of the molecule is CCCC/C=C/C(=O)C1CC1. The first kappa shape index (κ1) is 8.51. The first-order valence-electron chi connectivity index (χ1n) is 4.55. The van der Waals surface area contributed by atoms with Crippen molar-refractivity contribution in [1.82, 2.24) is 0 Å². The molecular formula is C10H16O. The van der Waals surface area contributed by atoms with Crippen LogP contribution in [0.3, 0.4) is 0 Å². The van der Waals surface area contributed by atoms with Gasteiger partial charge in [-0.15, -0.1) is 0 Å². The predicted molar refractivity (Wildman–Crippen MR) is 46.4 cm³/mol. The summed E-state index contributed by atoms with van der Waals surface area (Å²) in [6, 6.07) is 0. The van der Waals surface area contributed by atoms with E-state index in [1.54, 1.807) is 6.08 Å². The van der Waals surface area contributed by atoms with Gasteiger partial charge in [-0.1, -0.05) is 25.8 Å². The van der Waals surface area contributed by atoms with Crippen LogP contribution in [0.2, 0.25) is 0 Å². The highest BCUT2D eigenvalue weighted by Crippen LogP contribution is 2.30. The quantitative estimate of drug-likeness (QED) is 0.437. The monoisotopic (exact) mass is 152 g/mol.